The highest BCUT2D eigenvalue weighted by molar-refractivity contribution is 7.99. The zero-order valence-corrected chi connectivity index (χ0v) is 10.5. The Morgan fingerprint density at radius 1 is 1.47 bits per heavy atom. The average molecular weight is 242 g/mol. The molecule has 0 amide bonds. The second-order valence-corrected chi connectivity index (χ2v) is 4.20. The van der Waals surface area contributed by atoms with Crippen molar-refractivity contribution >= 4 is 17.7 Å². The molecule has 5 heteroatoms. The zero-order valence-electron chi connectivity index (χ0n) is 9.72. The highest BCUT2D eigenvalue weighted by atomic mass is 32.2. The van der Waals surface area contributed by atoms with Crippen molar-refractivity contribution in [3.05, 3.63) is 0 Å². The van der Waals surface area contributed by atoms with Crippen molar-refractivity contribution in [3.8, 4) is 0 Å². The van der Waals surface area contributed by atoms with Gasteiger partial charge in [0.15, 0.2) is 0 Å². The Hall–Kier alpha value is -0.320. The van der Waals surface area contributed by atoms with E-state index in [-0.39, 0.29) is 5.75 Å². The first-order valence-corrected chi connectivity index (χ1v) is 6.17. The van der Waals surface area contributed by atoms with Crippen LogP contribution < -0.4 is 0 Å². The maximum Gasteiger partial charge on any atom is 0.313 e. The molecule has 0 heterocycles. The Kier molecular flexibility index (Phi) is 10.2. The van der Waals surface area contributed by atoms with E-state index in [0.29, 0.717) is 12.2 Å². The quantitative estimate of drug-likeness (QED) is 0.724. The van der Waals surface area contributed by atoms with Crippen LogP contribution in [0.5, 0.6) is 0 Å². The summed E-state index contributed by atoms with van der Waals surface area (Å²) in [7, 11) is 0. The van der Waals surface area contributed by atoms with Crippen LogP contribution in [0.2, 0.25) is 0 Å². The van der Waals surface area contributed by atoms with Crippen LogP contribution in [-0.2, 0) is 4.79 Å². The molecule has 0 radical (unpaired) electrons. The van der Waals surface area contributed by atoms with Gasteiger partial charge in [-0.15, -0.1) is 0 Å². The van der Waals surface area contributed by atoms with Crippen molar-refractivity contribution < 1.29 is 18.7 Å². The molecule has 0 aromatic rings. The van der Waals surface area contributed by atoms with Crippen LogP contribution in [0.3, 0.4) is 0 Å². The second-order valence-electron chi connectivity index (χ2n) is 3.09. The fourth-order valence-corrected chi connectivity index (χ4v) is 1.51. The van der Waals surface area contributed by atoms with Crippen molar-refractivity contribution in [2.75, 3.05) is 11.5 Å². The molecule has 0 aliphatic rings. The first kappa shape index (κ1) is 17.1. The summed E-state index contributed by atoms with van der Waals surface area (Å²) < 4.78 is 25.2. The SMILES string of the molecule is CC.CC(CCSCC(=O)O)C(C)(F)F. The maximum absolute atomic E-state index is 12.6. The summed E-state index contributed by atoms with van der Waals surface area (Å²) in [6.07, 6.45) is 0.349. The molecular formula is C10H20F2O2S. The van der Waals surface area contributed by atoms with E-state index in [0.717, 1.165) is 6.92 Å². The number of rotatable bonds is 6. The number of hydrogen-bond acceptors (Lipinski definition) is 2. The van der Waals surface area contributed by atoms with Gasteiger partial charge in [0.25, 0.3) is 0 Å². The lowest BCUT2D eigenvalue weighted by Crippen LogP contribution is -2.22. The van der Waals surface area contributed by atoms with Crippen molar-refractivity contribution in [3.63, 3.8) is 0 Å². The monoisotopic (exact) mass is 242 g/mol. The van der Waals surface area contributed by atoms with E-state index in [1.807, 2.05) is 13.8 Å². The van der Waals surface area contributed by atoms with Crippen LogP contribution in [0.4, 0.5) is 8.78 Å². The molecule has 0 fully saturated rings. The van der Waals surface area contributed by atoms with E-state index < -0.39 is 17.8 Å². The molecule has 0 saturated heterocycles. The van der Waals surface area contributed by atoms with Gasteiger partial charge in [-0.2, -0.15) is 11.8 Å². The number of carboxylic acid groups (broad SMARTS) is 1. The molecule has 1 N–H and O–H groups in total. The minimum atomic E-state index is -2.66. The van der Waals surface area contributed by atoms with E-state index in [1.54, 1.807) is 0 Å². The molecule has 0 aliphatic heterocycles. The van der Waals surface area contributed by atoms with Gasteiger partial charge < -0.3 is 5.11 Å². The predicted octanol–water partition coefficient (Wildman–Crippen LogP) is 3.51. The smallest absolute Gasteiger partial charge is 0.313 e. The van der Waals surface area contributed by atoms with E-state index in [1.165, 1.54) is 18.7 Å². The molecule has 0 aromatic carbocycles. The van der Waals surface area contributed by atoms with Crippen molar-refractivity contribution in [2.45, 2.75) is 40.0 Å². The first-order valence-electron chi connectivity index (χ1n) is 5.01. The largest absolute Gasteiger partial charge is 0.481 e. The Morgan fingerprint density at radius 2 is 1.93 bits per heavy atom. The van der Waals surface area contributed by atoms with Crippen molar-refractivity contribution in [1.29, 1.82) is 0 Å². The van der Waals surface area contributed by atoms with Crippen LogP contribution in [0.15, 0.2) is 0 Å². The summed E-state index contributed by atoms with van der Waals surface area (Å²) in [5.74, 6) is -3.79. The van der Waals surface area contributed by atoms with Crippen LogP contribution in [0.1, 0.15) is 34.1 Å². The third kappa shape index (κ3) is 11.6. The number of thioether (sulfide) groups is 1. The minimum absolute atomic E-state index is 0.0119. The van der Waals surface area contributed by atoms with Crippen molar-refractivity contribution in [1.82, 2.24) is 0 Å². The fraction of sp³-hybridized carbons (Fsp3) is 0.900. The lowest BCUT2D eigenvalue weighted by atomic mass is 10.0. The summed E-state index contributed by atoms with van der Waals surface area (Å²) in [5, 5.41) is 8.27. The molecule has 1 unspecified atom stereocenters. The van der Waals surface area contributed by atoms with E-state index in [9.17, 15) is 13.6 Å². The summed E-state index contributed by atoms with van der Waals surface area (Å²) in [4.78, 5) is 10.1. The van der Waals surface area contributed by atoms with Gasteiger partial charge in [0, 0.05) is 5.92 Å². The standard InChI is InChI=1S/C8H14F2O2S.C2H6/c1-6(8(2,9)10)3-4-13-5-7(11)12;1-2/h6H,3-5H2,1-2H3,(H,11,12);1-2H3. The van der Waals surface area contributed by atoms with Gasteiger partial charge in [-0.25, -0.2) is 8.78 Å². The number of carboxylic acids is 1. The Balaban J connectivity index is 0. The summed E-state index contributed by atoms with van der Waals surface area (Å²) >= 11 is 1.17. The molecule has 0 rings (SSSR count). The number of aliphatic carboxylic acids is 1. The minimum Gasteiger partial charge on any atom is -0.481 e. The van der Waals surface area contributed by atoms with Gasteiger partial charge in [-0.3, -0.25) is 4.79 Å². The molecule has 0 bridgehead atoms. The second kappa shape index (κ2) is 8.95. The highest BCUT2D eigenvalue weighted by Crippen LogP contribution is 2.26. The lowest BCUT2D eigenvalue weighted by Gasteiger charge is -2.18. The summed E-state index contributed by atoms with van der Waals surface area (Å²) in [5.41, 5.74) is 0. The van der Waals surface area contributed by atoms with Crippen LogP contribution in [0, 0.1) is 5.92 Å². The van der Waals surface area contributed by atoms with E-state index >= 15 is 0 Å². The molecule has 0 spiro atoms. The number of hydrogen-bond donors (Lipinski definition) is 1. The molecule has 2 nitrogen and oxygen atoms in total. The number of carbonyl (C=O) groups is 1. The number of halogens is 2. The van der Waals surface area contributed by atoms with Gasteiger partial charge in [0.1, 0.15) is 0 Å². The summed E-state index contributed by atoms with van der Waals surface area (Å²) in [6, 6.07) is 0. The Bertz CT molecular complexity index is 169. The van der Waals surface area contributed by atoms with Crippen LogP contribution in [0.25, 0.3) is 0 Å². The third-order valence-corrected chi connectivity index (χ3v) is 2.76. The van der Waals surface area contributed by atoms with Gasteiger partial charge in [-0.1, -0.05) is 20.8 Å². The van der Waals surface area contributed by atoms with E-state index in [4.69, 9.17) is 5.11 Å². The molecule has 0 saturated carbocycles. The average Bonchev–Trinajstić information content (AvgIpc) is 2.13. The number of alkyl halides is 2. The maximum atomic E-state index is 12.6. The molecule has 15 heavy (non-hydrogen) atoms. The van der Waals surface area contributed by atoms with Crippen LogP contribution in [-0.4, -0.2) is 28.5 Å². The molecular weight excluding hydrogens is 222 g/mol. The van der Waals surface area contributed by atoms with E-state index in [2.05, 4.69) is 0 Å². The Labute approximate surface area is 94.4 Å². The fourth-order valence-electron chi connectivity index (χ4n) is 0.673. The molecule has 92 valence electrons. The van der Waals surface area contributed by atoms with Crippen LogP contribution >= 0.6 is 11.8 Å². The predicted molar refractivity (Wildman–Crippen MR) is 60.7 cm³/mol. The first-order chi connectivity index (χ1) is 6.84. The summed E-state index contributed by atoms with van der Waals surface area (Å²) in [6.45, 7) is 6.36. The van der Waals surface area contributed by atoms with Gasteiger partial charge in [0.05, 0.1) is 5.75 Å². The van der Waals surface area contributed by atoms with Gasteiger partial charge in [0.2, 0.25) is 5.92 Å². The third-order valence-electron chi connectivity index (χ3n) is 1.79. The highest BCUT2D eigenvalue weighted by Gasteiger charge is 2.29. The van der Waals surface area contributed by atoms with Gasteiger partial charge >= 0.3 is 5.97 Å². The zero-order chi connectivity index (χ0) is 12.5. The molecule has 1 atom stereocenters. The normalized spacial score (nSPS) is 12.7. The Morgan fingerprint density at radius 3 is 2.27 bits per heavy atom. The van der Waals surface area contributed by atoms with Gasteiger partial charge in [-0.05, 0) is 19.1 Å². The molecule has 0 aromatic heterocycles. The molecule has 0 aliphatic carbocycles. The topological polar surface area (TPSA) is 37.3 Å². The lowest BCUT2D eigenvalue weighted by molar-refractivity contribution is -0.133. The van der Waals surface area contributed by atoms with Crippen molar-refractivity contribution in [2.24, 2.45) is 5.92 Å².